The Morgan fingerprint density at radius 3 is 2.44 bits per heavy atom. The van der Waals surface area contributed by atoms with Crippen molar-refractivity contribution >= 4 is 46.6 Å². The minimum absolute atomic E-state index is 0.0791. The summed E-state index contributed by atoms with van der Waals surface area (Å²) in [6.07, 6.45) is -1.85. The van der Waals surface area contributed by atoms with Crippen molar-refractivity contribution in [2.75, 3.05) is 19.8 Å². The van der Waals surface area contributed by atoms with E-state index in [4.69, 9.17) is 44.3 Å². The molecule has 1 aliphatic heterocycles. The van der Waals surface area contributed by atoms with E-state index in [1.807, 2.05) is 0 Å². The van der Waals surface area contributed by atoms with Crippen LogP contribution in [0, 0.1) is 11.6 Å². The molecule has 5 atom stereocenters. The average Bonchev–Trinajstić information content (AvgIpc) is 3.34. The molecule has 1 saturated heterocycles. The summed E-state index contributed by atoms with van der Waals surface area (Å²) in [7, 11) is 0. The molecule has 36 heavy (non-hydrogen) atoms. The minimum Gasteiger partial charge on any atom is -0.394 e. The molecule has 0 bridgehead atoms. The average molecular weight is 583 g/mol. The maximum atomic E-state index is 14.0. The Kier molecular flexibility index (Phi) is 9.08. The third kappa shape index (κ3) is 5.79. The quantitative estimate of drug-likeness (QED) is 0.343. The smallest absolute Gasteiger partial charge is 0.145 e. The van der Waals surface area contributed by atoms with E-state index in [0.717, 1.165) is 12.1 Å². The van der Waals surface area contributed by atoms with Crippen molar-refractivity contribution in [3.8, 4) is 11.3 Å². The number of aliphatic hydroxyl groups excluding tert-OH is 3. The predicted molar refractivity (Wildman–Crippen MR) is 130 cm³/mol. The fourth-order valence-electron chi connectivity index (χ4n) is 3.77. The predicted octanol–water partition coefficient (Wildman–Crippen LogP) is 3.97. The normalized spacial score (nSPS) is 24.3. The van der Waals surface area contributed by atoms with Crippen molar-refractivity contribution in [3.05, 3.63) is 63.2 Å². The third-order valence-corrected chi connectivity index (χ3v) is 7.70. The number of rotatable bonds is 8. The van der Waals surface area contributed by atoms with Crippen LogP contribution in [0.5, 0.6) is 0 Å². The maximum Gasteiger partial charge on any atom is 0.145 e. The summed E-state index contributed by atoms with van der Waals surface area (Å²) in [6.45, 7) is -0.911. The van der Waals surface area contributed by atoms with Gasteiger partial charge in [0, 0.05) is 10.5 Å². The van der Waals surface area contributed by atoms with Gasteiger partial charge in [-0.2, -0.15) is 0 Å². The Bertz CT molecular complexity index is 1200. The van der Waals surface area contributed by atoms with Gasteiger partial charge in [0.15, 0.2) is 0 Å². The minimum atomic E-state index is -1.31. The largest absolute Gasteiger partial charge is 0.394 e. The zero-order valence-corrected chi connectivity index (χ0v) is 21.4. The molecule has 0 spiro atoms. The van der Waals surface area contributed by atoms with Crippen molar-refractivity contribution in [1.82, 2.24) is 15.0 Å². The van der Waals surface area contributed by atoms with Crippen molar-refractivity contribution in [2.24, 2.45) is 0 Å². The molecule has 194 valence electrons. The van der Waals surface area contributed by atoms with E-state index in [9.17, 15) is 24.1 Å². The van der Waals surface area contributed by atoms with Crippen LogP contribution in [0.25, 0.3) is 11.3 Å². The van der Waals surface area contributed by atoms with E-state index in [0.29, 0.717) is 14.9 Å². The zero-order chi connectivity index (χ0) is 26.0. The summed E-state index contributed by atoms with van der Waals surface area (Å²) in [5.41, 5.74) is -0.605. The fraction of sp³-hybridized carbons (Fsp3) is 0.364. The highest BCUT2D eigenvalue weighted by Gasteiger charge is 2.48. The van der Waals surface area contributed by atoms with Crippen LogP contribution in [0.3, 0.4) is 0 Å². The Hall–Kier alpha value is -1.54. The van der Waals surface area contributed by atoms with Crippen LogP contribution in [0.1, 0.15) is 6.04 Å². The fourth-order valence-corrected chi connectivity index (χ4v) is 5.41. The molecule has 2 heterocycles. The molecule has 0 amide bonds. The Morgan fingerprint density at radius 1 is 1.08 bits per heavy atom. The van der Waals surface area contributed by atoms with Gasteiger partial charge >= 0.3 is 0 Å². The number of thioether (sulfide) groups is 1. The molecule has 3 N–H and O–H groups in total. The van der Waals surface area contributed by atoms with Gasteiger partial charge in [-0.25, -0.2) is 13.5 Å². The van der Waals surface area contributed by atoms with Crippen LogP contribution in [0.15, 0.2) is 41.4 Å². The van der Waals surface area contributed by atoms with E-state index < -0.39 is 53.1 Å². The topological polar surface area (TPSA) is 110 Å². The molecular weight excluding hydrogens is 563 g/mol. The van der Waals surface area contributed by atoms with Crippen LogP contribution < -0.4 is 0 Å². The first-order valence-corrected chi connectivity index (χ1v) is 12.6. The molecule has 8 nitrogen and oxygen atoms in total. The highest BCUT2D eigenvalue weighted by atomic mass is 35.5. The number of ether oxygens (including phenoxy) is 2. The van der Waals surface area contributed by atoms with Crippen molar-refractivity contribution < 1.29 is 33.6 Å². The van der Waals surface area contributed by atoms with Gasteiger partial charge in [0.05, 0.1) is 36.1 Å². The molecular formula is C22H20Cl3F2N3O5S. The van der Waals surface area contributed by atoms with Gasteiger partial charge in [-0.15, -0.1) is 5.10 Å². The van der Waals surface area contributed by atoms with Crippen LogP contribution in [-0.2, 0) is 9.47 Å². The second-order valence-electron chi connectivity index (χ2n) is 7.80. The first kappa shape index (κ1) is 27.5. The molecule has 14 heteroatoms. The molecule has 1 aliphatic rings. The van der Waals surface area contributed by atoms with Crippen molar-refractivity contribution in [3.63, 3.8) is 0 Å². The van der Waals surface area contributed by atoms with Gasteiger partial charge in [0.25, 0.3) is 0 Å². The Morgan fingerprint density at radius 2 is 1.81 bits per heavy atom. The van der Waals surface area contributed by atoms with Crippen LogP contribution in [0.4, 0.5) is 8.78 Å². The monoisotopic (exact) mass is 581 g/mol. The van der Waals surface area contributed by atoms with Gasteiger partial charge in [0.2, 0.25) is 0 Å². The van der Waals surface area contributed by atoms with E-state index in [-0.39, 0.29) is 24.5 Å². The molecule has 1 aromatic heterocycles. The summed E-state index contributed by atoms with van der Waals surface area (Å²) < 4.78 is 41.0. The molecule has 3 unspecified atom stereocenters. The molecule has 3 aromatic rings. The van der Waals surface area contributed by atoms with E-state index in [2.05, 4.69) is 10.3 Å². The van der Waals surface area contributed by atoms with E-state index in [1.165, 1.54) is 22.6 Å². The van der Waals surface area contributed by atoms with Crippen LogP contribution in [0.2, 0.25) is 15.1 Å². The molecule has 1 fully saturated rings. The lowest BCUT2D eigenvalue weighted by Gasteiger charge is -2.43. The van der Waals surface area contributed by atoms with Gasteiger partial charge < -0.3 is 24.8 Å². The molecule has 0 radical (unpaired) electrons. The summed E-state index contributed by atoms with van der Waals surface area (Å²) in [6, 6.07) is 6.04. The highest BCUT2D eigenvalue weighted by Crippen LogP contribution is 2.41. The molecule has 4 rings (SSSR count). The number of aliphatic hydroxyl groups is 3. The number of hydrogen-bond donors (Lipinski definition) is 3. The highest BCUT2D eigenvalue weighted by molar-refractivity contribution is 7.99. The van der Waals surface area contributed by atoms with Gasteiger partial charge in [-0.05, 0) is 30.3 Å². The number of benzene rings is 2. The standard InChI is InChI=1S/C22H20Cl3F2N3O5S/c23-12-2-1-11(7-13(12)24)36-22-21(34-4-3-31)19(20(33)17(9-32)35-22)30-8-16(28-29-30)10-5-14(26)18(25)15(27)6-10/h1-2,5-8,17,19-22,31-33H,3-4,9H2/t17?,19?,20-,21?,22+/m0/s1. The summed E-state index contributed by atoms with van der Waals surface area (Å²) in [5, 5.41) is 38.3. The lowest BCUT2D eigenvalue weighted by molar-refractivity contribution is -0.194. The summed E-state index contributed by atoms with van der Waals surface area (Å²) >= 11 is 18.9. The molecule has 0 saturated carbocycles. The summed E-state index contributed by atoms with van der Waals surface area (Å²) in [5.74, 6) is -1.93. The number of halogens is 5. The van der Waals surface area contributed by atoms with Crippen LogP contribution in [-0.4, -0.2) is 73.9 Å². The third-order valence-electron chi connectivity index (χ3n) is 5.46. The second kappa shape index (κ2) is 11.9. The molecule has 2 aromatic carbocycles. The zero-order valence-electron chi connectivity index (χ0n) is 18.3. The first-order chi connectivity index (χ1) is 17.2. The summed E-state index contributed by atoms with van der Waals surface area (Å²) in [4.78, 5) is 0.672. The van der Waals surface area contributed by atoms with Crippen LogP contribution >= 0.6 is 46.6 Å². The molecule has 0 aliphatic carbocycles. The number of nitrogens with zero attached hydrogens (tertiary/aromatic N) is 3. The second-order valence-corrected chi connectivity index (χ2v) is 10.2. The van der Waals surface area contributed by atoms with Gasteiger partial charge in [0.1, 0.15) is 52.1 Å². The lowest BCUT2D eigenvalue weighted by Crippen LogP contribution is -2.56. The number of hydrogen-bond acceptors (Lipinski definition) is 8. The van der Waals surface area contributed by atoms with E-state index in [1.54, 1.807) is 18.2 Å². The lowest BCUT2D eigenvalue weighted by atomic mass is 9.97. The SMILES string of the molecule is OCCOC1C(n2cc(-c3cc(F)c(Cl)c(F)c3)nn2)[C@@H](O)C(CO)O[C@@H]1Sc1ccc(Cl)c(Cl)c1. The van der Waals surface area contributed by atoms with Gasteiger partial charge in [-0.1, -0.05) is 51.8 Å². The Labute approximate surface area is 223 Å². The van der Waals surface area contributed by atoms with Crippen molar-refractivity contribution in [1.29, 1.82) is 0 Å². The Balaban J connectivity index is 1.70. The number of aromatic nitrogens is 3. The van der Waals surface area contributed by atoms with Gasteiger partial charge in [-0.3, -0.25) is 0 Å². The van der Waals surface area contributed by atoms with Crippen molar-refractivity contribution in [2.45, 2.75) is 34.7 Å². The first-order valence-electron chi connectivity index (χ1n) is 10.6. The van der Waals surface area contributed by atoms with E-state index >= 15 is 0 Å². The maximum absolute atomic E-state index is 14.0.